The van der Waals surface area contributed by atoms with Crippen molar-refractivity contribution in [2.45, 2.75) is 32.3 Å². The second kappa shape index (κ2) is 5.29. The van der Waals surface area contributed by atoms with Gasteiger partial charge in [0.15, 0.2) is 5.78 Å². The van der Waals surface area contributed by atoms with E-state index in [1.165, 1.54) is 13.0 Å². The SMILES string of the molecule is COC1(C)CCCN(c2c(F)cccc2C(C)=O)C1. The molecule has 0 N–H and O–H groups in total. The van der Waals surface area contributed by atoms with E-state index in [2.05, 4.69) is 0 Å². The molecule has 1 heterocycles. The summed E-state index contributed by atoms with van der Waals surface area (Å²) in [6, 6.07) is 4.66. The molecule has 1 atom stereocenters. The molecule has 3 nitrogen and oxygen atoms in total. The Balaban J connectivity index is 2.38. The topological polar surface area (TPSA) is 29.5 Å². The lowest BCUT2D eigenvalue weighted by Crippen LogP contribution is -2.48. The lowest BCUT2D eigenvalue weighted by Gasteiger charge is -2.41. The molecular formula is C15H20FNO2. The highest BCUT2D eigenvalue weighted by molar-refractivity contribution is 5.99. The van der Waals surface area contributed by atoms with E-state index in [9.17, 15) is 9.18 Å². The van der Waals surface area contributed by atoms with Crippen molar-refractivity contribution in [1.29, 1.82) is 0 Å². The van der Waals surface area contributed by atoms with Crippen molar-refractivity contribution in [2.75, 3.05) is 25.1 Å². The van der Waals surface area contributed by atoms with Crippen molar-refractivity contribution in [1.82, 2.24) is 0 Å². The van der Waals surface area contributed by atoms with E-state index in [1.54, 1.807) is 19.2 Å². The zero-order chi connectivity index (χ0) is 14.0. The van der Waals surface area contributed by atoms with E-state index in [-0.39, 0.29) is 17.2 Å². The van der Waals surface area contributed by atoms with Crippen molar-refractivity contribution in [3.63, 3.8) is 0 Å². The molecule has 1 saturated heterocycles. The highest BCUT2D eigenvalue weighted by Crippen LogP contribution is 2.32. The van der Waals surface area contributed by atoms with E-state index < -0.39 is 0 Å². The van der Waals surface area contributed by atoms with Crippen LogP contribution < -0.4 is 4.90 Å². The van der Waals surface area contributed by atoms with Gasteiger partial charge in [-0.15, -0.1) is 0 Å². The van der Waals surface area contributed by atoms with Crippen LogP contribution in [0.4, 0.5) is 10.1 Å². The summed E-state index contributed by atoms with van der Waals surface area (Å²) in [5.41, 5.74) is 0.576. The number of halogens is 1. The predicted octanol–water partition coefficient (Wildman–Crippen LogP) is 3.03. The normalized spacial score (nSPS) is 23.5. The first-order chi connectivity index (χ1) is 8.97. The number of methoxy groups -OCH3 is 1. The molecule has 0 aliphatic carbocycles. The number of benzene rings is 1. The molecule has 0 bridgehead atoms. The first-order valence-corrected chi connectivity index (χ1v) is 6.56. The van der Waals surface area contributed by atoms with Gasteiger partial charge in [0.1, 0.15) is 5.82 Å². The number of piperidine rings is 1. The minimum atomic E-state index is -0.340. The maximum atomic E-state index is 14.1. The molecule has 0 aromatic heterocycles. The monoisotopic (exact) mass is 265 g/mol. The van der Waals surface area contributed by atoms with Gasteiger partial charge in [-0.2, -0.15) is 0 Å². The van der Waals surface area contributed by atoms with Crippen molar-refractivity contribution in [3.8, 4) is 0 Å². The quantitative estimate of drug-likeness (QED) is 0.787. The van der Waals surface area contributed by atoms with Crippen molar-refractivity contribution < 1.29 is 13.9 Å². The number of para-hydroxylation sites is 1. The Morgan fingerprint density at radius 3 is 2.84 bits per heavy atom. The minimum Gasteiger partial charge on any atom is -0.377 e. The van der Waals surface area contributed by atoms with Crippen LogP contribution in [0.5, 0.6) is 0 Å². The third kappa shape index (κ3) is 2.78. The molecule has 0 spiro atoms. The summed E-state index contributed by atoms with van der Waals surface area (Å²) in [5, 5.41) is 0. The zero-order valence-electron chi connectivity index (χ0n) is 11.7. The summed E-state index contributed by atoms with van der Waals surface area (Å²) < 4.78 is 19.6. The van der Waals surface area contributed by atoms with E-state index in [1.807, 2.05) is 11.8 Å². The molecular weight excluding hydrogens is 245 g/mol. The maximum Gasteiger partial charge on any atom is 0.161 e. The fraction of sp³-hybridized carbons (Fsp3) is 0.533. The van der Waals surface area contributed by atoms with E-state index in [0.29, 0.717) is 17.8 Å². The van der Waals surface area contributed by atoms with Gasteiger partial charge in [0.2, 0.25) is 0 Å². The number of hydrogen-bond donors (Lipinski definition) is 0. The van der Waals surface area contributed by atoms with E-state index in [4.69, 9.17) is 4.74 Å². The van der Waals surface area contributed by atoms with Gasteiger partial charge in [0.05, 0.1) is 11.3 Å². The summed E-state index contributed by atoms with van der Waals surface area (Å²) in [6.45, 7) is 4.84. The van der Waals surface area contributed by atoms with Gasteiger partial charge in [-0.25, -0.2) is 4.39 Å². The number of Topliss-reactive ketones (excluding diaryl/α,β-unsaturated/α-hetero) is 1. The summed E-state index contributed by atoms with van der Waals surface area (Å²) in [4.78, 5) is 13.6. The number of rotatable bonds is 3. The Bertz CT molecular complexity index is 489. The standard InChI is InChI=1S/C15H20FNO2/c1-11(18)12-6-4-7-13(16)14(12)17-9-5-8-15(2,10-17)19-3/h4,6-7H,5,8-10H2,1-3H3. The Morgan fingerprint density at radius 2 is 2.21 bits per heavy atom. The van der Waals surface area contributed by atoms with Crippen LogP contribution in [0.15, 0.2) is 18.2 Å². The third-order valence-corrected chi connectivity index (χ3v) is 3.83. The molecule has 19 heavy (non-hydrogen) atoms. The van der Waals surface area contributed by atoms with Gasteiger partial charge in [-0.05, 0) is 38.8 Å². The summed E-state index contributed by atoms with van der Waals surface area (Å²) in [6.07, 6.45) is 1.87. The number of carbonyl (C=O) groups is 1. The van der Waals surface area contributed by atoms with Crippen LogP contribution >= 0.6 is 0 Å². The van der Waals surface area contributed by atoms with Crippen LogP contribution in [0.2, 0.25) is 0 Å². The summed E-state index contributed by atoms with van der Waals surface area (Å²) in [7, 11) is 1.68. The maximum absolute atomic E-state index is 14.1. The van der Waals surface area contributed by atoms with Gasteiger partial charge in [0, 0.05) is 25.8 Å². The molecule has 1 fully saturated rings. The number of carbonyl (C=O) groups excluding carboxylic acids is 1. The number of ketones is 1. The minimum absolute atomic E-state index is 0.112. The number of hydrogen-bond acceptors (Lipinski definition) is 3. The summed E-state index contributed by atoms with van der Waals surface area (Å²) >= 11 is 0. The molecule has 1 aliphatic heterocycles. The fourth-order valence-electron chi connectivity index (χ4n) is 2.68. The molecule has 104 valence electrons. The molecule has 1 aromatic rings. The average Bonchev–Trinajstić information content (AvgIpc) is 2.38. The summed E-state index contributed by atoms with van der Waals surface area (Å²) in [5.74, 6) is -0.452. The lowest BCUT2D eigenvalue weighted by atomic mass is 9.93. The van der Waals surface area contributed by atoms with Crippen LogP contribution in [0.25, 0.3) is 0 Å². The van der Waals surface area contributed by atoms with Gasteiger partial charge in [-0.3, -0.25) is 4.79 Å². The average molecular weight is 265 g/mol. The highest BCUT2D eigenvalue weighted by atomic mass is 19.1. The molecule has 4 heteroatoms. The van der Waals surface area contributed by atoms with Crippen LogP contribution in [0.1, 0.15) is 37.0 Å². The first kappa shape index (κ1) is 14.0. The van der Waals surface area contributed by atoms with Crippen molar-refractivity contribution in [3.05, 3.63) is 29.6 Å². The van der Waals surface area contributed by atoms with Crippen LogP contribution in [-0.4, -0.2) is 31.6 Å². The van der Waals surface area contributed by atoms with Gasteiger partial charge in [0.25, 0.3) is 0 Å². The highest BCUT2D eigenvalue weighted by Gasteiger charge is 2.33. The lowest BCUT2D eigenvalue weighted by molar-refractivity contribution is -0.00480. The largest absolute Gasteiger partial charge is 0.377 e. The smallest absolute Gasteiger partial charge is 0.161 e. The third-order valence-electron chi connectivity index (χ3n) is 3.83. The molecule has 1 unspecified atom stereocenters. The molecule has 1 aliphatic rings. The molecule has 0 saturated carbocycles. The number of ether oxygens (including phenoxy) is 1. The zero-order valence-corrected chi connectivity index (χ0v) is 11.7. The van der Waals surface area contributed by atoms with Gasteiger partial charge < -0.3 is 9.64 Å². The number of anilines is 1. The van der Waals surface area contributed by atoms with Gasteiger partial charge in [-0.1, -0.05) is 6.07 Å². The van der Waals surface area contributed by atoms with Crippen molar-refractivity contribution in [2.24, 2.45) is 0 Å². The molecule has 0 amide bonds. The number of nitrogens with zero attached hydrogens (tertiary/aromatic N) is 1. The second-order valence-electron chi connectivity index (χ2n) is 5.37. The Kier molecular flexibility index (Phi) is 3.90. The van der Waals surface area contributed by atoms with Crippen molar-refractivity contribution >= 4 is 11.5 Å². The molecule has 2 rings (SSSR count). The Labute approximate surface area is 113 Å². The fourth-order valence-corrected chi connectivity index (χ4v) is 2.68. The molecule has 1 aromatic carbocycles. The first-order valence-electron chi connectivity index (χ1n) is 6.56. The van der Waals surface area contributed by atoms with Crippen LogP contribution in [0, 0.1) is 5.82 Å². The van der Waals surface area contributed by atoms with E-state index >= 15 is 0 Å². The molecule has 0 radical (unpaired) electrons. The van der Waals surface area contributed by atoms with Crippen LogP contribution in [0.3, 0.4) is 0 Å². The second-order valence-corrected chi connectivity index (χ2v) is 5.37. The van der Waals surface area contributed by atoms with Crippen LogP contribution in [-0.2, 0) is 4.74 Å². The predicted molar refractivity (Wildman–Crippen MR) is 73.3 cm³/mol. The Hall–Kier alpha value is -1.42. The van der Waals surface area contributed by atoms with Gasteiger partial charge >= 0.3 is 0 Å². The Morgan fingerprint density at radius 1 is 1.47 bits per heavy atom. The van der Waals surface area contributed by atoms with E-state index in [0.717, 1.165) is 19.4 Å².